The topological polar surface area (TPSA) is 57.0 Å². The van der Waals surface area contributed by atoms with Crippen LogP contribution in [-0.2, 0) is 22.7 Å². The average molecular weight is 354 g/mol. The van der Waals surface area contributed by atoms with Crippen molar-refractivity contribution in [3.8, 4) is 0 Å². The lowest BCUT2D eigenvalue weighted by Crippen LogP contribution is -2.01. The lowest BCUT2D eigenvalue weighted by atomic mass is 10.2. The summed E-state index contributed by atoms with van der Waals surface area (Å²) in [5.74, 6) is -0.420. The molecule has 0 atom stereocenters. The molecule has 1 heterocycles. The molecule has 0 saturated carbocycles. The number of hydrogen-bond donors (Lipinski definition) is 0. The lowest BCUT2D eigenvalue weighted by molar-refractivity contribution is -0.139. The van der Waals surface area contributed by atoms with Crippen LogP contribution in [0.4, 0.5) is 0 Å². The Labute approximate surface area is 150 Å². The highest BCUT2D eigenvalue weighted by molar-refractivity contribution is 6.30. The fourth-order valence-corrected chi connectivity index (χ4v) is 2.31. The first-order valence-electron chi connectivity index (χ1n) is 7.72. The number of carbonyl (C=O) groups excluding carboxylic acids is 1. The fraction of sp³-hybridized carbons (Fsp3) is 0.105. The molecule has 0 radical (unpaired) electrons. The van der Waals surface area contributed by atoms with Crippen molar-refractivity contribution in [2.75, 3.05) is 0 Å². The molecule has 1 aromatic heterocycles. The number of halogens is 1. The van der Waals surface area contributed by atoms with Crippen LogP contribution in [-0.4, -0.2) is 21.0 Å². The number of benzene rings is 2. The van der Waals surface area contributed by atoms with E-state index in [4.69, 9.17) is 16.3 Å². The quantitative estimate of drug-likeness (QED) is 0.500. The summed E-state index contributed by atoms with van der Waals surface area (Å²) in [6.45, 7) is 0.657. The molecule has 6 heteroatoms. The monoisotopic (exact) mass is 353 g/mol. The van der Waals surface area contributed by atoms with Crippen molar-refractivity contribution in [2.45, 2.75) is 13.2 Å². The van der Waals surface area contributed by atoms with Crippen molar-refractivity contribution in [3.63, 3.8) is 0 Å². The van der Waals surface area contributed by atoms with Crippen LogP contribution in [0.25, 0.3) is 6.08 Å². The maximum atomic E-state index is 11.7. The van der Waals surface area contributed by atoms with E-state index in [1.54, 1.807) is 17.0 Å². The SMILES string of the molecule is O=C(/C=C/c1ccccc1)OCc1cn(Cc2ccc(Cl)cc2)nn1. The largest absolute Gasteiger partial charge is 0.456 e. The summed E-state index contributed by atoms with van der Waals surface area (Å²) in [6, 6.07) is 17.1. The number of ether oxygens (including phenoxy) is 1. The Hall–Kier alpha value is -2.92. The zero-order chi connectivity index (χ0) is 17.5. The van der Waals surface area contributed by atoms with Gasteiger partial charge in [0.15, 0.2) is 0 Å². The van der Waals surface area contributed by atoms with Gasteiger partial charge in [0.05, 0.1) is 12.7 Å². The Kier molecular flexibility index (Phi) is 5.59. The summed E-state index contributed by atoms with van der Waals surface area (Å²) in [5, 5.41) is 8.73. The molecular weight excluding hydrogens is 338 g/mol. The van der Waals surface area contributed by atoms with Crippen LogP contribution < -0.4 is 0 Å². The smallest absolute Gasteiger partial charge is 0.331 e. The highest BCUT2D eigenvalue weighted by Gasteiger charge is 2.05. The third-order valence-corrected chi connectivity index (χ3v) is 3.67. The Bertz CT molecular complexity index is 858. The van der Waals surface area contributed by atoms with Crippen LogP contribution in [0.15, 0.2) is 66.9 Å². The molecule has 5 nitrogen and oxygen atoms in total. The Balaban J connectivity index is 1.50. The first kappa shape index (κ1) is 16.9. The van der Waals surface area contributed by atoms with Crippen molar-refractivity contribution < 1.29 is 9.53 Å². The number of aromatic nitrogens is 3. The molecule has 0 spiro atoms. The standard InChI is InChI=1S/C19H16ClN3O2/c20-17-9-6-16(7-10-17)12-23-13-18(21-22-23)14-25-19(24)11-8-15-4-2-1-3-5-15/h1-11,13H,12,14H2/b11-8+. The zero-order valence-corrected chi connectivity index (χ0v) is 14.1. The van der Waals surface area contributed by atoms with E-state index >= 15 is 0 Å². The van der Waals surface area contributed by atoms with Gasteiger partial charge < -0.3 is 4.74 Å². The molecule has 3 rings (SSSR count). The summed E-state index contributed by atoms with van der Waals surface area (Å²) < 4.78 is 6.86. The molecule has 0 unspecified atom stereocenters. The van der Waals surface area contributed by atoms with Gasteiger partial charge in [-0.05, 0) is 29.3 Å². The van der Waals surface area contributed by atoms with E-state index in [2.05, 4.69) is 10.3 Å². The van der Waals surface area contributed by atoms with Gasteiger partial charge in [-0.25, -0.2) is 9.48 Å². The van der Waals surface area contributed by atoms with Crippen LogP contribution >= 0.6 is 11.6 Å². The van der Waals surface area contributed by atoms with Crippen LogP contribution in [0, 0.1) is 0 Å². The number of carbonyl (C=O) groups is 1. The third kappa shape index (κ3) is 5.29. The molecule has 2 aromatic carbocycles. The Morgan fingerprint density at radius 2 is 1.88 bits per heavy atom. The van der Waals surface area contributed by atoms with Gasteiger partial charge in [-0.2, -0.15) is 0 Å². The molecule has 126 valence electrons. The van der Waals surface area contributed by atoms with Gasteiger partial charge in [0, 0.05) is 11.1 Å². The van der Waals surface area contributed by atoms with Gasteiger partial charge >= 0.3 is 5.97 Å². The summed E-state index contributed by atoms with van der Waals surface area (Å²) in [7, 11) is 0. The summed E-state index contributed by atoms with van der Waals surface area (Å²) in [5.41, 5.74) is 2.59. The minimum atomic E-state index is -0.420. The average Bonchev–Trinajstić information content (AvgIpc) is 3.08. The highest BCUT2D eigenvalue weighted by atomic mass is 35.5. The van der Waals surface area contributed by atoms with E-state index in [-0.39, 0.29) is 6.61 Å². The number of esters is 1. The van der Waals surface area contributed by atoms with Gasteiger partial charge in [-0.15, -0.1) is 5.10 Å². The molecule has 0 saturated heterocycles. The van der Waals surface area contributed by atoms with Crippen LogP contribution in [0.3, 0.4) is 0 Å². The summed E-state index contributed by atoms with van der Waals surface area (Å²) in [4.78, 5) is 11.7. The van der Waals surface area contributed by atoms with Crippen molar-refractivity contribution in [3.05, 3.63) is 88.7 Å². The molecule has 25 heavy (non-hydrogen) atoms. The number of rotatable bonds is 6. The van der Waals surface area contributed by atoms with Crippen molar-refractivity contribution in [1.29, 1.82) is 0 Å². The van der Waals surface area contributed by atoms with E-state index < -0.39 is 5.97 Å². The molecule has 0 fully saturated rings. The van der Waals surface area contributed by atoms with E-state index in [1.165, 1.54) is 6.08 Å². The summed E-state index contributed by atoms with van der Waals surface area (Å²) in [6.07, 6.45) is 4.86. The van der Waals surface area contributed by atoms with Crippen LogP contribution in [0.5, 0.6) is 0 Å². The van der Waals surface area contributed by atoms with E-state index in [0.717, 1.165) is 11.1 Å². The van der Waals surface area contributed by atoms with Gasteiger partial charge in [-0.3, -0.25) is 0 Å². The minimum Gasteiger partial charge on any atom is -0.456 e. The Morgan fingerprint density at radius 3 is 2.64 bits per heavy atom. The number of hydrogen-bond acceptors (Lipinski definition) is 4. The van der Waals surface area contributed by atoms with Gasteiger partial charge in [0.1, 0.15) is 12.3 Å². The zero-order valence-electron chi connectivity index (χ0n) is 13.4. The van der Waals surface area contributed by atoms with Gasteiger partial charge in [0.2, 0.25) is 0 Å². The predicted octanol–water partition coefficient (Wildman–Crippen LogP) is 3.74. The first-order chi connectivity index (χ1) is 12.2. The van der Waals surface area contributed by atoms with Crippen LogP contribution in [0.2, 0.25) is 5.02 Å². The second-order valence-electron chi connectivity index (χ2n) is 5.39. The molecule has 0 amide bonds. The normalized spacial score (nSPS) is 10.9. The van der Waals surface area contributed by atoms with E-state index in [1.807, 2.05) is 54.6 Å². The molecule has 0 bridgehead atoms. The molecule has 0 aliphatic rings. The third-order valence-electron chi connectivity index (χ3n) is 3.42. The maximum absolute atomic E-state index is 11.7. The molecule has 0 N–H and O–H groups in total. The molecular formula is C19H16ClN3O2. The second-order valence-corrected chi connectivity index (χ2v) is 5.82. The fourth-order valence-electron chi connectivity index (χ4n) is 2.18. The maximum Gasteiger partial charge on any atom is 0.331 e. The number of nitrogens with zero attached hydrogens (tertiary/aromatic N) is 3. The Morgan fingerprint density at radius 1 is 1.12 bits per heavy atom. The summed E-state index contributed by atoms with van der Waals surface area (Å²) >= 11 is 5.87. The van der Waals surface area contributed by atoms with Crippen molar-refractivity contribution in [2.24, 2.45) is 0 Å². The highest BCUT2D eigenvalue weighted by Crippen LogP contribution is 2.10. The second kappa shape index (κ2) is 8.26. The van der Waals surface area contributed by atoms with E-state index in [0.29, 0.717) is 17.3 Å². The van der Waals surface area contributed by atoms with Gasteiger partial charge in [0.25, 0.3) is 0 Å². The van der Waals surface area contributed by atoms with Crippen LogP contribution in [0.1, 0.15) is 16.8 Å². The minimum absolute atomic E-state index is 0.0819. The van der Waals surface area contributed by atoms with Crippen molar-refractivity contribution >= 4 is 23.6 Å². The predicted molar refractivity (Wildman–Crippen MR) is 95.8 cm³/mol. The molecule has 3 aromatic rings. The molecule has 0 aliphatic carbocycles. The van der Waals surface area contributed by atoms with Gasteiger partial charge in [-0.1, -0.05) is 59.3 Å². The van der Waals surface area contributed by atoms with E-state index in [9.17, 15) is 4.79 Å². The first-order valence-corrected chi connectivity index (χ1v) is 8.10. The van der Waals surface area contributed by atoms with Crippen molar-refractivity contribution in [1.82, 2.24) is 15.0 Å². The lowest BCUT2D eigenvalue weighted by Gasteiger charge is -2.00. The molecule has 0 aliphatic heterocycles.